The lowest BCUT2D eigenvalue weighted by Crippen LogP contribution is -2.37. The number of rotatable bonds is 27. The van der Waals surface area contributed by atoms with Crippen LogP contribution in [0.25, 0.3) is 0 Å². The molecule has 0 saturated heterocycles. The Morgan fingerprint density at radius 1 is 0.714 bits per heavy atom. The Bertz CT molecular complexity index is 491. The molecule has 0 saturated carbocycles. The fourth-order valence-corrected chi connectivity index (χ4v) is 4.81. The predicted octanol–water partition coefficient (Wildman–Crippen LogP) is 6.44. The van der Waals surface area contributed by atoms with Crippen LogP contribution in [-0.2, 0) is 0 Å². The molecule has 1 aliphatic heterocycles. The van der Waals surface area contributed by atoms with Gasteiger partial charge >= 0.3 is 0 Å². The van der Waals surface area contributed by atoms with E-state index in [4.69, 9.17) is 10.7 Å². The van der Waals surface area contributed by atoms with Gasteiger partial charge in [-0.15, -0.1) is 0 Å². The molecule has 0 fully saturated rings. The average molecular weight is 492 g/mol. The first-order chi connectivity index (χ1) is 17.4. The highest BCUT2D eigenvalue weighted by Gasteiger charge is 2.15. The van der Waals surface area contributed by atoms with Crippen molar-refractivity contribution in [3.05, 3.63) is 12.2 Å². The van der Waals surface area contributed by atoms with E-state index in [-0.39, 0.29) is 0 Å². The van der Waals surface area contributed by atoms with Crippen LogP contribution in [0.2, 0.25) is 0 Å². The molecule has 0 atom stereocenters. The third-order valence-electron chi connectivity index (χ3n) is 7.05. The second-order valence-electron chi connectivity index (χ2n) is 10.3. The molecular weight excluding hydrogens is 430 g/mol. The van der Waals surface area contributed by atoms with Gasteiger partial charge in [-0.1, -0.05) is 96.1 Å². The van der Waals surface area contributed by atoms with Crippen LogP contribution in [0.5, 0.6) is 0 Å². The number of amidine groups is 1. The molecule has 0 aromatic carbocycles. The summed E-state index contributed by atoms with van der Waals surface area (Å²) in [7, 11) is 0. The van der Waals surface area contributed by atoms with Crippen LogP contribution < -0.4 is 16.4 Å². The molecule has 0 amide bonds. The highest BCUT2D eigenvalue weighted by molar-refractivity contribution is 5.83. The zero-order chi connectivity index (χ0) is 25.1. The Hall–Kier alpha value is -0.910. The van der Waals surface area contributed by atoms with Gasteiger partial charge in [-0.3, -0.25) is 4.99 Å². The van der Waals surface area contributed by atoms with Crippen molar-refractivity contribution in [2.75, 3.05) is 52.4 Å². The standard InChI is InChI=1S/C30H61N5/c1-2-3-4-5-6-7-8-9-10-11-12-13-14-15-16-17-18-19-20-21-30-34-27-29-35(30)28-26-33-25-24-32-23-22-31/h8-9,32-33H,2-7,10-29,31H2,1H3/b9-8+. The number of allylic oxidation sites excluding steroid dienone is 2. The summed E-state index contributed by atoms with van der Waals surface area (Å²) in [6.45, 7) is 10.1. The summed E-state index contributed by atoms with van der Waals surface area (Å²) >= 11 is 0. The molecule has 5 heteroatoms. The first kappa shape index (κ1) is 32.1. The maximum Gasteiger partial charge on any atom is 0.0990 e. The molecule has 0 spiro atoms. The average Bonchev–Trinajstić information content (AvgIpc) is 3.32. The van der Waals surface area contributed by atoms with Crippen LogP contribution in [0.15, 0.2) is 17.1 Å². The van der Waals surface area contributed by atoms with Crippen LogP contribution in [0, 0.1) is 0 Å². The Labute approximate surface area is 219 Å². The van der Waals surface area contributed by atoms with Gasteiger partial charge in [0.1, 0.15) is 0 Å². The molecule has 0 unspecified atom stereocenters. The molecule has 1 heterocycles. The van der Waals surface area contributed by atoms with Gasteiger partial charge in [0.15, 0.2) is 0 Å². The normalized spacial score (nSPS) is 13.9. The lowest BCUT2D eigenvalue weighted by Gasteiger charge is -2.20. The second kappa shape index (κ2) is 26.2. The quantitative estimate of drug-likeness (QED) is 0.0914. The fraction of sp³-hybridized carbons (Fsp3) is 0.900. The number of unbranched alkanes of at least 4 members (excludes halogenated alkanes) is 15. The van der Waals surface area contributed by atoms with Crippen molar-refractivity contribution in [2.45, 2.75) is 122 Å². The van der Waals surface area contributed by atoms with E-state index >= 15 is 0 Å². The Balaban J connectivity index is 1.81. The molecule has 1 aliphatic rings. The monoisotopic (exact) mass is 491 g/mol. The number of hydrogen-bond acceptors (Lipinski definition) is 5. The number of nitrogens with two attached hydrogens (primary N) is 1. The third-order valence-corrected chi connectivity index (χ3v) is 7.05. The Morgan fingerprint density at radius 3 is 1.86 bits per heavy atom. The second-order valence-corrected chi connectivity index (χ2v) is 10.3. The highest BCUT2D eigenvalue weighted by atomic mass is 15.2. The molecule has 5 nitrogen and oxygen atoms in total. The smallest absolute Gasteiger partial charge is 0.0990 e. The van der Waals surface area contributed by atoms with Gasteiger partial charge in [-0.25, -0.2) is 0 Å². The Morgan fingerprint density at radius 2 is 1.26 bits per heavy atom. The molecule has 4 N–H and O–H groups in total. The molecule has 0 aromatic rings. The van der Waals surface area contributed by atoms with E-state index in [1.54, 1.807) is 0 Å². The lowest BCUT2D eigenvalue weighted by atomic mass is 10.0. The minimum atomic E-state index is 0.714. The van der Waals surface area contributed by atoms with Crippen molar-refractivity contribution in [3.63, 3.8) is 0 Å². The molecule has 35 heavy (non-hydrogen) atoms. The van der Waals surface area contributed by atoms with Crippen molar-refractivity contribution in [1.82, 2.24) is 15.5 Å². The summed E-state index contributed by atoms with van der Waals surface area (Å²) in [6, 6.07) is 0. The van der Waals surface area contributed by atoms with Crippen molar-refractivity contribution in [3.8, 4) is 0 Å². The van der Waals surface area contributed by atoms with Crippen molar-refractivity contribution in [2.24, 2.45) is 10.7 Å². The highest BCUT2D eigenvalue weighted by Crippen LogP contribution is 2.14. The van der Waals surface area contributed by atoms with Gasteiger partial charge in [-0.2, -0.15) is 0 Å². The van der Waals surface area contributed by atoms with Gasteiger partial charge in [0, 0.05) is 52.2 Å². The summed E-state index contributed by atoms with van der Waals surface area (Å²) in [5, 5.41) is 6.84. The van der Waals surface area contributed by atoms with Gasteiger partial charge in [-0.05, 0) is 32.1 Å². The van der Waals surface area contributed by atoms with E-state index in [0.717, 1.165) is 45.8 Å². The van der Waals surface area contributed by atoms with E-state index in [2.05, 4.69) is 34.6 Å². The molecule has 0 radical (unpaired) electrons. The molecule has 1 rings (SSSR count). The van der Waals surface area contributed by atoms with Gasteiger partial charge < -0.3 is 21.3 Å². The zero-order valence-electron chi connectivity index (χ0n) is 23.5. The molecular formula is C30H61N5. The summed E-state index contributed by atoms with van der Waals surface area (Å²) in [4.78, 5) is 7.25. The molecule has 0 aromatic heterocycles. The van der Waals surface area contributed by atoms with E-state index in [1.807, 2.05) is 0 Å². The number of hydrogen-bond donors (Lipinski definition) is 3. The van der Waals surface area contributed by atoms with Crippen LogP contribution in [-0.4, -0.2) is 63.1 Å². The Kier molecular flexibility index (Phi) is 24.0. The summed E-state index contributed by atoms with van der Waals surface area (Å²) in [5.41, 5.74) is 5.49. The van der Waals surface area contributed by atoms with Gasteiger partial charge in [0.2, 0.25) is 0 Å². The minimum Gasteiger partial charge on any atom is -0.357 e. The topological polar surface area (TPSA) is 65.7 Å². The first-order valence-electron chi connectivity index (χ1n) is 15.4. The number of aliphatic imine (C=N–C) groups is 1. The van der Waals surface area contributed by atoms with E-state index in [0.29, 0.717) is 6.54 Å². The van der Waals surface area contributed by atoms with E-state index in [1.165, 1.54) is 121 Å². The van der Waals surface area contributed by atoms with Crippen molar-refractivity contribution >= 4 is 5.84 Å². The van der Waals surface area contributed by atoms with Gasteiger partial charge in [0.25, 0.3) is 0 Å². The third kappa shape index (κ3) is 20.9. The van der Waals surface area contributed by atoms with Crippen LogP contribution >= 0.6 is 0 Å². The number of nitrogens with one attached hydrogen (secondary N) is 2. The molecule has 0 bridgehead atoms. The van der Waals surface area contributed by atoms with E-state index in [9.17, 15) is 0 Å². The predicted molar refractivity (Wildman–Crippen MR) is 157 cm³/mol. The van der Waals surface area contributed by atoms with Crippen LogP contribution in [0.1, 0.15) is 122 Å². The van der Waals surface area contributed by atoms with Crippen molar-refractivity contribution in [1.29, 1.82) is 0 Å². The fourth-order valence-electron chi connectivity index (χ4n) is 4.81. The molecule has 0 aliphatic carbocycles. The van der Waals surface area contributed by atoms with Crippen LogP contribution in [0.4, 0.5) is 0 Å². The maximum absolute atomic E-state index is 5.49. The van der Waals surface area contributed by atoms with Crippen LogP contribution in [0.3, 0.4) is 0 Å². The molecule has 206 valence electrons. The summed E-state index contributed by atoms with van der Waals surface area (Å²) < 4.78 is 0. The largest absolute Gasteiger partial charge is 0.357 e. The summed E-state index contributed by atoms with van der Waals surface area (Å²) in [6.07, 6.45) is 29.6. The first-order valence-corrected chi connectivity index (χ1v) is 15.4. The van der Waals surface area contributed by atoms with E-state index < -0.39 is 0 Å². The summed E-state index contributed by atoms with van der Waals surface area (Å²) in [5.74, 6) is 1.36. The maximum atomic E-state index is 5.49. The minimum absolute atomic E-state index is 0.714. The SMILES string of the molecule is CCCCCCC/C=C/CCCCCCCCCCCCC1=NCCN1CCNCCNCCN. The number of nitrogens with zero attached hydrogens (tertiary/aromatic N) is 2. The zero-order valence-corrected chi connectivity index (χ0v) is 23.5. The lowest BCUT2D eigenvalue weighted by molar-refractivity contribution is 0.432. The van der Waals surface area contributed by atoms with Crippen molar-refractivity contribution < 1.29 is 0 Å². The van der Waals surface area contributed by atoms with Gasteiger partial charge in [0.05, 0.1) is 12.4 Å².